The van der Waals surface area contributed by atoms with Gasteiger partial charge in [0.2, 0.25) is 0 Å². The highest BCUT2D eigenvalue weighted by molar-refractivity contribution is 7.99. The molecule has 1 heterocycles. The molecule has 0 radical (unpaired) electrons. The van der Waals surface area contributed by atoms with Crippen molar-refractivity contribution in [3.63, 3.8) is 0 Å². The Morgan fingerprint density at radius 1 is 1.50 bits per heavy atom. The topological polar surface area (TPSA) is 57.6 Å². The number of thioether (sulfide) groups is 1. The van der Waals surface area contributed by atoms with Crippen LogP contribution >= 0.6 is 11.8 Å². The maximum Gasteiger partial charge on any atom is 0.303 e. The van der Waals surface area contributed by atoms with E-state index in [0.717, 1.165) is 18.1 Å². The molecule has 1 unspecified atom stereocenters. The summed E-state index contributed by atoms with van der Waals surface area (Å²) in [6.07, 6.45) is 0.110. The van der Waals surface area contributed by atoms with Crippen molar-refractivity contribution in [2.45, 2.75) is 18.9 Å². The van der Waals surface area contributed by atoms with Gasteiger partial charge in [0.1, 0.15) is 0 Å². The average Bonchev–Trinajstić information content (AvgIpc) is 2.15. The Labute approximate surface area is 87.7 Å². The minimum absolute atomic E-state index is 0.0478. The van der Waals surface area contributed by atoms with Crippen LogP contribution < -0.4 is 0 Å². The fourth-order valence-electron chi connectivity index (χ4n) is 1.42. The molecule has 1 saturated heterocycles. The van der Waals surface area contributed by atoms with Crippen LogP contribution in [-0.4, -0.2) is 52.9 Å². The van der Waals surface area contributed by atoms with Crippen LogP contribution in [0.4, 0.5) is 0 Å². The van der Waals surface area contributed by atoms with Crippen LogP contribution in [0.5, 0.6) is 0 Å². The zero-order valence-electron chi connectivity index (χ0n) is 8.23. The number of nitrogens with zero attached hydrogens (tertiary/aromatic N) is 1. The van der Waals surface area contributed by atoms with Gasteiger partial charge < -0.3 is 5.11 Å². The highest BCUT2D eigenvalue weighted by Gasteiger charge is 2.25. The Morgan fingerprint density at radius 3 is 2.79 bits per heavy atom. The molecule has 1 rings (SSSR count). The van der Waals surface area contributed by atoms with Gasteiger partial charge in [-0.3, -0.25) is 14.5 Å². The molecule has 80 valence electrons. The van der Waals surface area contributed by atoms with E-state index in [4.69, 9.17) is 5.11 Å². The minimum atomic E-state index is -0.899. The number of carbonyl (C=O) groups is 2. The number of hydrogen-bond donors (Lipinski definition) is 1. The van der Waals surface area contributed by atoms with Gasteiger partial charge in [-0.15, -0.1) is 0 Å². The molecule has 4 nitrogen and oxygen atoms in total. The van der Waals surface area contributed by atoms with Gasteiger partial charge in [-0.2, -0.15) is 11.8 Å². The number of carbonyl (C=O) groups excluding carboxylic acids is 1. The van der Waals surface area contributed by atoms with Gasteiger partial charge in [0.25, 0.3) is 0 Å². The number of ketones is 1. The first-order valence-electron chi connectivity index (χ1n) is 4.63. The largest absolute Gasteiger partial charge is 0.481 e. The molecule has 0 amide bonds. The van der Waals surface area contributed by atoms with E-state index in [2.05, 4.69) is 0 Å². The SMILES string of the molecule is CN1CCSCC1C(=O)CCC(=O)O. The summed E-state index contributed by atoms with van der Waals surface area (Å²) in [5, 5.41) is 8.46. The van der Waals surface area contributed by atoms with Crippen LogP contribution in [0.25, 0.3) is 0 Å². The quantitative estimate of drug-likeness (QED) is 0.741. The Bertz CT molecular complexity index is 232. The molecule has 0 bridgehead atoms. The van der Waals surface area contributed by atoms with Crippen molar-refractivity contribution in [1.82, 2.24) is 4.90 Å². The van der Waals surface area contributed by atoms with E-state index in [1.807, 2.05) is 11.9 Å². The molecule has 5 heteroatoms. The molecule has 1 aliphatic heterocycles. The van der Waals surface area contributed by atoms with Gasteiger partial charge in [0.15, 0.2) is 5.78 Å². The lowest BCUT2D eigenvalue weighted by Gasteiger charge is -2.30. The van der Waals surface area contributed by atoms with Crippen molar-refractivity contribution in [2.75, 3.05) is 25.1 Å². The Morgan fingerprint density at radius 2 is 2.21 bits per heavy atom. The molecule has 1 aliphatic rings. The normalized spacial score (nSPS) is 23.4. The fourth-order valence-corrected chi connectivity index (χ4v) is 2.67. The number of aliphatic carboxylic acids is 1. The van der Waals surface area contributed by atoms with Crippen LogP contribution in [0.1, 0.15) is 12.8 Å². The van der Waals surface area contributed by atoms with Gasteiger partial charge >= 0.3 is 5.97 Å². The lowest BCUT2D eigenvalue weighted by molar-refractivity contribution is -0.139. The van der Waals surface area contributed by atoms with E-state index in [1.54, 1.807) is 11.8 Å². The van der Waals surface area contributed by atoms with Gasteiger partial charge in [0, 0.05) is 24.5 Å². The molecular weight excluding hydrogens is 202 g/mol. The molecule has 0 aliphatic carbocycles. The number of likely N-dealkylation sites (N-methyl/N-ethyl adjacent to an activating group) is 1. The third kappa shape index (κ3) is 3.31. The summed E-state index contributed by atoms with van der Waals surface area (Å²) in [5.41, 5.74) is 0. The second kappa shape index (κ2) is 5.36. The van der Waals surface area contributed by atoms with Crippen LogP contribution in [0.3, 0.4) is 0 Å². The monoisotopic (exact) mass is 217 g/mol. The average molecular weight is 217 g/mol. The predicted octanol–water partition coefficient (Wildman–Crippen LogP) is 0.467. The van der Waals surface area contributed by atoms with Gasteiger partial charge in [-0.1, -0.05) is 0 Å². The Balaban J connectivity index is 2.38. The number of Topliss-reactive ketones (excluding diaryl/α,β-unsaturated/α-hetero) is 1. The van der Waals surface area contributed by atoms with Gasteiger partial charge in [0.05, 0.1) is 12.5 Å². The number of carboxylic acid groups (broad SMARTS) is 1. The second-order valence-electron chi connectivity index (χ2n) is 3.43. The lowest BCUT2D eigenvalue weighted by Crippen LogP contribution is -2.44. The summed E-state index contributed by atoms with van der Waals surface area (Å²) >= 11 is 1.76. The zero-order valence-corrected chi connectivity index (χ0v) is 9.05. The first kappa shape index (κ1) is 11.5. The van der Waals surface area contributed by atoms with Crippen LogP contribution in [0.2, 0.25) is 0 Å². The smallest absolute Gasteiger partial charge is 0.303 e. The summed E-state index contributed by atoms with van der Waals surface area (Å²) in [7, 11) is 1.92. The first-order valence-corrected chi connectivity index (χ1v) is 5.79. The Hall–Kier alpha value is -0.550. The summed E-state index contributed by atoms with van der Waals surface area (Å²) in [5.74, 6) is 1.01. The van der Waals surface area contributed by atoms with E-state index in [9.17, 15) is 9.59 Å². The number of carboxylic acids is 1. The van der Waals surface area contributed by atoms with Crippen molar-refractivity contribution in [3.8, 4) is 0 Å². The fraction of sp³-hybridized carbons (Fsp3) is 0.778. The molecule has 0 saturated carbocycles. The van der Waals surface area contributed by atoms with Crippen molar-refractivity contribution in [3.05, 3.63) is 0 Å². The van der Waals surface area contributed by atoms with Gasteiger partial charge in [-0.05, 0) is 7.05 Å². The number of rotatable bonds is 4. The van der Waals surface area contributed by atoms with Crippen LogP contribution in [0.15, 0.2) is 0 Å². The molecule has 0 aromatic rings. The maximum atomic E-state index is 11.6. The second-order valence-corrected chi connectivity index (χ2v) is 4.58. The standard InChI is InChI=1S/C9H15NO3S/c1-10-4-5-14-6-7(10)8(11)2-3-9(12)13/h7H,2-6H2,1H3,(H,12,13). The first-order chi connectivity index (χ1) is 6.61. The van der Waals surface area contributed by atoms with E-state index in [0.29, 0.717) is 0 Å². The highest BCUT2D eigenvalue weighted by Crippen LogP contribution is 2.16. The third-order valence-electron chi connectivity index (χ3n) is 2.35. The van der Waals surface area contributed by atoms with E-state index in [1.165, 1.54) is 0 Å². The lowest BCUT2D eigenvalue weighted by atomic mass is 10.1. The van der Waals surface area contributed by atoms with Crippen molar-refractivity contribution >= 4 is 23.5 Å². The van der Waals surface area contributed by atoms with Crippen molar-refractivity contribution < 1.29 is 14.7 Å². The molecule has 0 aromatic carbocycles. The maximum absolute atomic E-state index is 11.6. The molecule has 1 N–H and O–H groups in total. The molecule has 0 spiro atoms. The summed E-state index contributed by atoms with van der Waals surface area (Å²) in [4.78, 5) is 23.9. The van der Waals surface area contributed by atoms with Crippen molar-refractivity contribution in [2.24, 2.45) is 0 Å². The summed E-state index contributed by atoms with van der Waals surface area (Å²) in [6.45, 7) is 0.911. The molecular formula is C9H15NO3S. The third-order valence-corrected chi connectivity index (χ3v) is 3.38. The van der Waals surface area contributed by atoms with Gasteiger partial charge in [-0.25, -0.2) is 0 Å². The van der Waals surface area contributed by atoms with Crippen LogP contribution in [0, 0.1) is 0 Å². The molecule has 1 fully saturated rings. The van der Waals surface area contributed by atoms with Crippen molar-refractivity contribution in [1.29, 1.82) is 0 Å². The number of hydrogen-bond acceptors (Lipinski definition) is 4. The highest BCUT2D eigenvalue weighted by atomic mass is 32.2. The predicted molar refractivity (Wildman–Crippen MR) is 55.6 cm³/mol. The molecule has 14 heavy (non-hydrogen) atoms. The summed E-state index contributed by atoms with van der Waals surface area (Å²) < 4.78 is 0. The van der Waals surface area contributed by atoms with Crippen LogP contribution in [-0.2, 0) is 9.59 Å². The zero-order chi connectivity index (χ0) is 10.6. The molecule has 1 atom stereocenters. The van der Waals surface area contributed by atoms with E-state index < -0.39 is 5.97 Å². The minimum Gasteiger partial charge on any atom is -0.481 e. The summed E-state index contributed by atoms with van der Waals surface area (Å²) in [6, 6.07) is -0.0758. The Kier molecular flexibility index (Phi) is 4.41. The molecule has 0 aromatic heterocycles. The van der Waals surface area contributed by atoms with E-state index >= 15 is 0 Å². The van der Waals surface area contributed by atoms with E-state index in [-0.39, 0.29) is 24.7 Å².